The van der Waals surface area contributed by atoms with Gasteiger partial charge >= 0.3 is 5.97 Å². The van der Waals surface area contributed by atoms with Crippen LogP contribution in [0.3, 0.4) is 0 Å². The monoisotopic (exact) mass is 448 g/mol. The van der Waals surface area contributed by atoms with Crippen LogP contribution in [0.15, 0.2) is 48.1 Å². The zero-order chi connectivity index (χ0) is 22.7. The Morgan fingerprint density at radius 3 is 2.53 bits per heavy atom. The quantitative estimate of drug-likeness (QED) is 0.449. The van der Waals surface area contributed by atoms with Crippen LogP contribution in [0.4, 0.5) is 5.69 Å². The Bertz CT molecular complexity index is 1260. The molecular weight excluding hydrogens is 428 g/mol. The number of thiazole rings is 1. The fourth-order valence-electron chi connectivity index (χ4n) is 3.02. The second-order valence-corrected chi connectivity index (χ2v) is 7.89. The molecule has 4 aromatic rings. The average molecular weight is 449 g/mol. The Labute approximate surface area is 188 Å². The number of rotatable bonds is 6. The van der Waals surface area contributed by atoms with E-state index >= 15 is 0 Å². The Hall–Kier alpha value is -3.92. The summed E-state index contributed by atoms with van der Waals surface area (Å²) in [5, 5.41) is 9.34. The number of aromatic nitrogens is 5. The zero-order valence-corrected chi connectivity index (χ0v) is 18.5. The molecule has 9 nitrogen and oxygen atoms in total. The van der Waals surface area contributed by atoms with Crippen LogP contribution >= 0.6 is 11.3 Å². The molecule has 0 atom stereocenters. The molecule has 0 aliphatic rings. The van der Waals surface area contributed by atoms with Gasteiger partial charge in [0.2, 0.25) is 0 Å². The summed E-state index contributed by atoms with van der Waals surface area (Å²) in [7, 11) is 0. The van der Waals surface area contributed by atoms with E-state index in [0.717, 1.165) is 16.9 Å². The summed E-state index contributed by atoms with van der Waals surface area (Å²) in [6.45, 7) is 5.24. The number of carbonyl (C=O) groups excluding carboxylic acids is 2. The number of nitrogens with one attached hydrogen (secondary N) is 1. The van der Waals surface area contributed by atoms with Gasteiger partial charge in [0.05, 0.1) is 22.8 Å². The number of nitrogens with zero attached hydrogens (tertiary/aromatic N) is 5. The van der Waals surface area contributed by atoms with Crippen LogP contribution in [0.25, 0.3) is 16.5 Å². The summed E-state index contributed by atoms with van der Waals surface area (Å²) >= 11 is 1.22. The molecule has 0 bridgehead atoms. The third-order valence-corrected chi connectivity index (χ3v) is 5.48. The molecule has 0 unspecified atom stereocenters. The van der Waals surface area contributed by atoms with Crippen molar-refractivity contribution in [3.8, 4) is 16.5 Å². The van der Waals surface area contributed by atoms with E-state index in [9.17, 15) is 9.59 Å². The Kier molecular flexibility index (Phi) is 6.04. The van der Waals surface area contributed by atoms with Crippen LogP contribution < -0.4 is 5.32 Å². The molecule has 0 radical (unpaired) electrons. The van der Waals surface area contributed by atoms with Crippen molar-refractivity contribution in [1.29, 1.82) is 0 Å². The van der Waals surface area contributed by atoms with Crippen molar-refractivity contribution in [3.63, 3.8) is 0 Å². The normalized spacial score (nSPS) is 10.7. The van der Waals surface area contributed by atoms with Gasteiger partial charge in [0, 0.05) is 17.8 Å². The van der Waals surface area contributed by atoms with E-state index < -0.39 is 18.5 Å². The van der Waals surface area contributed by atoms with Crippen molar-refractivity contribution in [2.75, 3.05) is 11.9 Å². The van der Waals surface area contributed by atoms with Crippen molar-refractivity contribution in [1.82, 2.24) is 24.7 Å². The predicted octanol–water partition coefficient (Wildman–Crippen LogP) is 3.51. The third kappa shape index (κ3) is 4.54. The van der Waals surface area contributed by atoms with Crippen LogP contribution in [0.1, 0.15) is 27.4 Å². The number of amides is 1. The second-order valence-electron chi connectivity index (χ2n) is 7.03. The highest BCUT2D eigenvalue weighted by atomic mass is 32.1. The first-order valence-electron chi connectivity index (χ1n) is 9.75. The molecule has 0 aliphatic heterocycles. The van der Waals surface area contributed by atoms with E-state index in [1.165, 1.54) is 11.3 Å². The number of anilines is 1. The van der Waals surface area contributed by atoms with Gasteiger partial charge < -0.3 is 10.1 Å². The molecule has 32 heavy (non-hydrogen) atoms. The fraction of sp³-hybridized carbons (Fsp3) is 0.182. The SMILES string of the molecule is Cc1ccc(-n2nc(C)c(NC(=O)COC(=O)c3csc(-c4ncccn4)n3)c2C)cc1. The van der Waals surface area contributed by atoms with Crippen LogP contribution in [0, 0.1) is 20.8 Å². The fourth-order valence-corrected chi connectivity index (χ4v) is 3.76. The maximum atomic E-state index is 12.4. The molecule has 4 rings (SSSR count). The highest BCUT2D eigenvalue weighted by Gasteiger charge is 2.18. The van der Waals surface area contributed by atoms with Crippen molar-refractivity contribution < 1.29 is 14.3 Å². The Balaban J connectivity index is 1.39. The summed E-state index contributed by atoms with van der Waals surface area (Å²) in [4.78, 5) is 37.1. The van der Waals surface area contributed by atoms with E-state index in [1.54, 1.807) is 28.5 Å². The smallest absolute Gasteiger partial charge is 0.358 e. The van der Waals surface area contributed by atoms with Gasteiger partial charge in [0.15, 0.2) is 23.1 Å². The molecule has 0 aliphatic carbocycles. The number of hydrogen-bond acceptors (Lipinski definition) is 8. The van der Waals surface area contributed by atoms with E-state index in [2.05, 4.69) is 25.4 Å². The molecule has 3 aromatic heterocycles. The topological polar surface area (TPSA) is 112 Å². The first-order valence-corrected chi connectivity index (χ1v) is 10.6. The van der Waals surface area contributed by atoms with Crippen LogP contribution in [-0.4, -0.2) is 43.2 Å². The number of esters is 1. The van der Waals surface area contributed by atoms with E-state index in [0.29, 0.717) is 22.2 Å². The van der Waals surface area contributed by atoms with Crippen molar-refractivity contribution in [2.45, 2.75) is 20.8 Å². The molecule has 0 fully saturated rings. The number of aryl methyl sites for hydroxylation is 2. The van der Waals surface area contributed by atoms with Crippen LogP contribution in [0.5, 0.6) is 0 Å². The maximum absolute atomic E-state index is 12.4. The van der Waals surface area contributed by atoms with Crippen molar-refractivity contribution >= 4 is 28.9 Å². The number of benzene rings is 1. The van der Waals surface area contributed by atoms with Gasteiger partial charge in [-0.05, 0) is 39.0 Å². The van der Waals surface area contributed by atoms with Crippen molar-refractivity contribution in [3.05, 3.63) is 70.8 Å². The zero-order valence-electron chi connectivity index (χ0n) is 17.7. The lowest BCUT2D eigenvalue weighted by Crippen LogP contribution is -2.21. The summed E-state index contributed by atoms with van der Waals surface area (Å²) in [6, 6.07) is 9.61. The molecule has 0 saturated carbocycles. The maximum Gasteiger partial charge on any atom is 0.358 e. The third-order valence-electron chi connectivity index (χ3n) is 4.64. The van der Waals surface area contributed by atoms with Crippen LogP contribution in [-0.2, 0) is 9.53 Å². The minimum atomic E-state index is -0.692. The lowest BCUT2D eigenvalue weighted by Gasteiger charge is -2.08. The van der Waals surface area contributed by atoms with Crippen molar-refractivity contribution in [2.24, 2.45) is 0 Å². The highest BCUT2D eigenvalue weighted by Crippen LogP contribution is 2.23. The van der Waals surface area contributed by atoms with Gasteiger partial charge in [0.25, 0.3) is 5.91 Å². The van der Waals surface area contributed by atoms with Gasteiger partial charge in [-0.1, -0.05) is 17.7 Å². The number of hydrogen-bond donors (Lipinski definition) is 1. The minimum Gasteiger partial charge on any atom is -0.451 e. The number of carbonyl (C=O) groups is 2. The lowest BCUT2D eigenvalue weighted by atomic mass is 10.2. The predicted molar refractivity (Wildman–Crippen MR) is 120 cm³/mol. The minimum absolute atomic E-state index is 0.102. The first-order chi connectivity index (χ1) is 15.4. The lowest BCUT2D eigenvalue weighted by molar-refractivity contribution is -0.119. The summed E-state index contributed by atoms with van der Waals surface area (Å²) in [5.74, 6) is -0.733. The molecule has 0 saturated heterocycles. The molecule has 162 valence electrons. The standard InChI is InChI=1S/C22H20N6O3S/c1-13-5-7-16(8-6-13)28-15(3)19(14(2)27-28)26-18(29)11-31-22(30)17-12-32-21(25-17)20-23-9-4-10-24-20/h4-10,12H,11H2,1-3H3,(H,26,29). The molecular formula is C22H20N6O3S. The Morgan fingerprint density at radius 2 is 1.81 bits per heavy atom. The van der Waals surface area contributed by atoms with Gasteiger partial charge in [-0.3, -0.25) is 4.79 Å². The van der Waals surface area contributed by atoms with E-state index in [1.807, 2.05) is 45.0 Å². The largest absolute Gasteiger partial charge is 0.451 e. The summed E-state index contributed by atoms with van der Waals surface area (Å²) in [6.07, 6.45) is 3.19. The van der Waals surface area contributed by atoms with Gasteiger partial charge in [0.1, 0.15) is 0 Å². The molecule has 1 amide bonds. The molecule has 1 aromatic carbocycles. The van der Waals surface area contributed by atoms with Crippen LogP contribution in [0.2, 0.25) is 0 Å². The van der Waals surface area contributed by atoms with Gasteiger partial charge in [-0.15, -0.1) is 11.3 Å². The Morgan fingerprint density at radius 1 is 1.09 bits per heavy atom. The molecule has 1 N–H and O–H groups in total. The van der Waals surface area contributed by atoms with Gasteiger partial charge in [-0.2, -0.15) is 5.10 Å². The molecule has 3 heterocycles. The summed E-state index contributed by atoms with van der Waals surface area (Å²) < 4.78 is 6.88. The molecule has 0 spiro atoms. The van der Waals surface area contributed by atoms with E-state index in [4.69, 9.17) is 4.74 Å². The number of ether oxygens (including phenoxy) is 1. The average Bonchev–Trinajstić information content (AvgIpc) is 3.40. The second kappa shape index (κ2) is 9.06. The first kappa shape index (κ1) is 21.3. The summed E-state index contributed by atoms with van der Waals surface area (Å²) in [5.41, 5.74) is 4.17. The van der Waals surface area contributed by atoms with E-state index in [-0.39, 0.29) is 5.69 Å². The highest BCUT2D eigenvalue weighted by molar-refractivity contribution is 7.13. The molecule has 10 heteroatoms. The van der Waals surface area contributed by atoms with Gasteiger partial charge in [-0.25, -0.2) is 24.4 Å².